The number of methoxy groups -OCH3 is 3. The lowest BCUT2D eigenvalue weighted by Crippen LogP contribution is -2.33. The minimum atomic E-state index is -0.392. The summed E-state index contributed by atoms with van der Waals surface area (Å²) in [7, 11) is 4.49. The van der Waals surface area contributed by atoms with Gasteiger partial charge in [-0.1, -0.05) is 12.8 Å². The van der Waals surface area contributed by atoms with Gasteiger partial charge in [0.25, 0.3) is 0 Å². The molecule has 1 saturated carbocycles. The molecular formula is C15H22FNO3. The Bertz CT molecular complexity index is 484. The van der Waals surface area contributed by atoms with Crippen molar-refractivity contribution in [2.75, 3.05) is 27.9 Å². The van der Waals surface area contributed by atoms with Crippen LogP contribution in [0.3, 0.4) is 0 Å². The van der Waals surface area contributed by atoms with Crippen LogP contribution in [0.2, 0.25) is 0 Å². The molecule has 1 aromatic carbocycles. The Kier molecular flexibility index (Phi) is 4.38. The predicted molar refractivity (Wildman–Crippen MR) is 75.3 cm³/mol. The smallest absolute Gasteiger partial charge is 0.172 e. The first kappa shape index (κ1) is 14.9. The molecule has 4 nitrogen and oxygen atoms in total. The number of hydrogen-bond acceptors (Lipinski definition) is 4. The number of halogens is 1. The molecular weight excluding hydrogens is 261 g/mol. The molecule has 0 saturated heterocycles. The van der Waals surface area contributed by atoms with Crippen LogP contribution in [0.15, 0.2) is 6.07 Å². The molecule has 1 aromatic rings. The van der Waals surface area contributed by atoms with Crippen LogP contribution in [-0.2, 0) is 5.41 Å². The van der Waals surface area contributed by atoms with E-state index in [1.165, 1.54) is 27.4 Å². The highest BCUT2D eigenvalue weighted by atomic mass is 19.1. The summed E-state index contributed by atoms with van der Waals surface area (Å²) in [6.45, 7) is 0.386. The van der Waals surface area contributed by atoms with Gasteiger partial charge in [0, 0.05) is 23.6 Å². The summed E-state index contributed by atoms with van der Waals surface area (Å²) >= 11 is 0. The fourth-order valence-corrected chi connectivity index (χ4v) is 3.18. The monoisotopic (exact) mass is 283 g/mol. The lowest BCUT2D eigenvalue weighted by atomic mass is 9.77. The molecule has 0 aliphatic heterocycles. The number of nitrogens with two attached hydrogens (primary N) is 1. The van der Waals surface area contributed by atoms with Gasteiger partial charge < -0.3 is 19.9 Å². The Morgan fingerprint density at radius 1 is 1.10 bits per heavy atom. The second-order valence-corrected chi connectivity index (χ2v) is 5.19. The topological polar surface area (TPSA) is 53.7 Å². The Hall–Kier alpha value is -1.49. The molecule has 5 heteroatoms. The molecule has 2 rings (SSSR count). The van der Waals surface area contributed by atoms with E-state index in [9.17, 15) is 4.39 Å². The number of hydrogen-bond donors (Lipinski definition) is 1. The molecule has 0 bridgehead atoms. The van der Waals surface area contributed by atoms with E-state index in [2.05, 4.69) is 0 Å². The zero-order valence-electron chi connectivity index (χ0n) is 12.3. The van der Waals surface area contributed by atoms with Gasteiger partial charge in [-0.2, -0.15) is 0 Å². The van der Waals surface area contributed by atoms with Crippen molar-refractivity contribution in [3.05, 3.63) is 17.4 Å². The lowest BCUT2D eigenvalue weighted by molar-refractivity contribution is 0.314. The molecule has 0 radical (unpaired) electrons. The molecule has 1 fully saturated rings. The van der Waals surface area contributed by atoms with E-state index in [-0.39, 0.29) is 5.75 Å². The van der Waals surface area contributed by atoms with Crippen LogP contribution in [0.4, 0.5) is 4.39 Å². The zero-order valence-corrected chi connectivity index (χ0v) is 12.3. The quantitative estimate of drug-likeness (QED) is 0.902. The number of benzene rings is 1. The van der Waals surface area contributed by atoms with E-state index in [0.29, 0.717) is 23.6 Å². The zero-order chi connectivity index (χ0) is 14.8. The Morgan fingerprint density at radius 2 is 1.70 bits per heavy atom. The molecule has 1 aliphatic carbocycles. The van der Waals surface area contributed by atoms with Crippen LogP contribution in [0.1, 0.15) is 31.2 Å². The standard InChI is InChI=1S/C15H22FNO3/c1-18-10-8-11(19-2)14(20-3)12(13(10)16)15(9-17)6-4-5-7-15/h8H,4-7,9,17H2,1-3H3. The van der Waals surface area contributed by atoms with Gasteiger partial charge in [-0.3, -0.25) is 0 Å². The van der Waals surface area contributed by atoms with E-state index in [0.717, 1.165) is 25.7 Å². The van der Waals surface area contributed by atoms with Gasteiger partial charge in [0.1, 0.15) is 0 Å². The van der Waals surface area contributed by atoms with Crippen molar-refractivity contribution in [3.8, 4) is 17.2 Å². The van der Waals surface area contributed by atoms with Gasteiger partial charge in [0.2, 0.25) is 0 Å². The minimum Gasteiger partial charge on any atom is -0.494 e. The molecule has 112 valence electrons. The summed E-state index contributed by atoms with van der Waals surface area (Å²) in [4.78, 5) is 0. The van der Waals surface area contributed by atoms with Crippen LogP contribution in [0.5, 0.6) is 17.2 Å². The lowest BCUT2D eigenvalue weighted by Gasteiger charge is -2.31. The third-order valence-electron chi connectivity index (χ3n) is 4.27. The van der Waals surface area contributed by atoms with Crippen molar-refractivity contribution in [2.24, 2.45) is 5.73 Å². The summed E-state index contributed by atoms with van der Waals surface area (Å²) in [6, 6.07) is 1.51. The van der Waals surface area contributed by atoms with E-state index in [1.54, 1.807) is 0 Å². The average Bonchev–Trinajstić information content (AvgIpc) is 2.96. The Morgan fingerprint density at radius 3 is 2.15 bits per heavy atom. The molecule has 0 aromatic heterocycles. The molecule has 0 atom stereocenters. The van der Waals surface area contributed by atoms with Crippen molar-refractivity contribution in [2.45, 2.75) is 31.1 Å². The van der Waals surface area contributed by atoms with E-state index in [4.69, 9.17) is 19.9 Å². The Balaban J connectivity index is 2.71. The first-order chi connectivity index (χ1) is 9.63. The van der Waals surface area contributed by atoms with E-state index < -0.39 is 11.2 Å². The van der Waals surface area contributed by atoms with Gasteiger partial charge in [-0.15, -0.1) is 0 Å². The molecule has 20 heavy (non-hydrogen) atoms. The van der Waals surface area contributed by atoms with Gasteiger partial charge in [0.05, 0.1) is 21.3 Å². The van der Waals surface area contributed by atoms with Crippen molar-refractivity contribution in [1.29, 1.82) is 0 Å². The first-order valence-corrected chi connectivity index (χ1v) is 6.82. The van der Waals surface area contributed by atoms with Gasteiger partial charge >= 0.3 is 0 Å². The van der Waals surface area contributed by atoms with Crippen LogP contribution in [0.25, 0.3) is 0 Å². The highest BCUT2D eigenvalue weighted by Crippen LogP contribution is 2.50. The third kappa shape index (κ3) is 2.20. The second kappa shape index (κ2) is 5.87. The molecule has 0 amide bonds. The normalized spacial score (nSPS) is 17.1. The summed E-state index contributed by atoms with van der Waals surface area (Å²) in [6.07, 6.45) is 3.79. The summed E-state index contributed by atoms with van der Waals surface area (Å²) in [5.41, 5.74) is 6.08. The number of ether oxygens (including phenoxy) is 3. The molecule has 0 spiro atoms. The first-order valence-electron chi connectivity index (χ1n) is 6.82. The predicted octanol–water partition coefficient (Wildman–Crippen LogP) is 2.62. The highest BCUT2D eigenvalue weighted by molar-refractivity contribution is 5.56. The Labute approximate surface area is 119 Å². The molecule has 0 unspecified atom stereocenters. The SMILES string of the molecule is COc1cc(OC)c(OC)c(C2(CN)CCCC2)c1F. The molecule has 1 aliphatic rings. The molecule has 2 N–H and O–H groups in total. The average molecular weight is 283 g/mol. The fourth-order valence-electron chi connectivity index (χ4n) is 3.18. The highest BCUT2D eigenvalue weighted by Gasteiger charge is 2.41. The van der Waals surface area contributed by atoms with Crippen LogP contribution in [-0.4, -0.2) is 27.9 Å². The maximum Gasteiger partial charge on any atom is 0.172 e. The van der Waals surface area contributed by atoms with Crippen molar-refractivity contribution < 1.29 is 18.6 Å². The molecule has 0 heterocycles. The second-order valence-electron chi connectivity index (χ2n) is 5.19. The van der Waals surface area contributed by atoms with E-state index >= 15 is 0 Å². The largest absolute Gasteiger partial charge is 0.494 e. The van der Waals surface area contributed by atoms with Crippen molar-refractivity contribution in [1.82, 2.24) is 0 Å². The van der Waals surface area contributed by atoms with Crippen LogP contribution in [0, 0.1) is 5.82 Å². The van der Waals surface area contributed by atoms with Crippen molar-refractivity contribution in [3.63, 3.8) is 0 Å². The van der Waals surface area contributed by atoms with Gasteiger partial charge in [-0.25, -0.2) is 4.39 Å². The van der Waals surface area contributed by atoms with Crippen molar-refractivity contribution >= 4 is 0 Å². The van der Waals surface area contributed by atoms with Crippen LogP contribution < -0.4 is 19.9 Å². The minimum absolute atomic E-state index is 0.164. The maximum atomic E-state index is 14.8. The fraction of sp³-hybridized carbons (Fsp3) is 0.600. The van der Waals surface area contributed by atoms with Gasteiger partial charge in [-0.05, 0) is 12.8 Å². The van der Waals surface area contributed by atoms with Crippen LogP contribution >= 0.6 is 0 Å². The summed E-state index contributed by atoms with van der Waals surface area (Å²) < 4.78 is 30.7. The maximum absolute atomic E-state index is 14.8. The van der Waals surface area contributed by atoms with Gasteiger partial charge in [0.15, 0.2) is 23.1 Å². The summed E-state index contributed by atoms with van der Waals surface area (Å²) in [5.74, 6) is 0.675. The third-order valence-corrected chi connectivity index (χ3v) is 4.27. The number of rotatable bonds is 5. The van der Waals surface area contributed by atoms with E-state index in [1.807, 2.05) is 0 Å². The summed E-state index contributed by atoms with van der Waals surface area (Å²) in [5, 5.41) is 0.